The number of carbonyl (C=O) groups excluding carboxylic acids is 4. The largest absolute Gasteiger partial charge is 0.479 e. The first-order valence-electron chi connectivity index (χ1n) is 13.6. The number of halogens is 2. The van der Waals surface area contributed by atoms with Crippen LogP contribution in [0.25, 0.3) is 0 Å². The lowest BCUT2D eigenvalue weighted by atomic mass is 9.98. The van der Waals surface area contributed by atoms with Crippen LogP contribution >= 0.6 is 55.0 Å². The molecule has 47 heavy (non-hydrogen) atoms. The number of esters is 1. The Kier molecular flexibility index (Phi) is 11.2. The number of thioether (sulfide) groups is 1. The highest BCUT2D eigenvalue weighted by molar-refractivity contribution is 9.28. The molecule has 3 N–H and O–H groups in total. The molecule has 17 heteroatoms. The Hall–Kier alpha value is -4.32. The molecule has 0 aliphatic carbocycles. The van der Waals surface area contributed by atoms with E-state index in [-0.39, 0.29) is 16.5 Å². The summed E-state index contributed by atoms with van der Waals surface area (Å²) in [5.74, 6) is -3.51. The second-order valence-corrected chi connectivity index (χ2v) is 14.3. The number of aliphatic carboxylic acids is 1. The van der Waals surface area contributed by atoms with E-state index in [9.17, 15) is 29.1 Å². The fraction of sp³-hybridized carbons (Fsp3) is 0.167. The van der Waals surface area contributed by atoms with Gasteiger partial charge in [-0.05, 0) is 60.0 Å². The minimum atomic E-state index is -1.26. The molecule has 0 radical (unpaired) electrons. The third-order valence-electron chi connectivity index (χ3n) is 6.75. The van der Waals surface area contributed by atoms with Gasteiger partial charge in [-0.25, -0.2) is 14.6 Å². The molecule has 5 rings (SSSR count). The lowest BCUT2D eigenvalue weighted by Gasteiger charge is -2.51. The van der Waals surface area contributed by atoms with Crippen molar-refractivity contribution in [2.45, 2.75) is 23.6 Å². The molecule has 0 saturated carbocycles. The van der Waals surface area contributed by atoms with Gasteiger partial charge in [-0.3, -0.25) is 14.4 Å². The Morgan fingerprint density at radius 1 is 1.09 bits per heavy atom. The van der Waals surface area contributed by atoms with Crippen LogP contribution < -0.4 is 10.6 Å². The topological polar surface area (TPSA) is 177 Å². The molecule has 2 aromatic carbocycles. The number of β-lactam (4-membered cyclic amide) rings is 1. The van der Waals surface area contributed by atoms with E-state index in [4.69, 9.17) is 9.57 Å². The van der Waals surface area contributed by atoms with Crippen LogP contribution in [0.15, 0.2) is 91.6 Å². The second kappa shape index (κ2) is 15.5. The maximum absolute atomic E-state index is 13.5. The van der Waals surface area contributed by atoms with Gasteiger partial charge in [0.15, 0.2) is 23.0 Å². The number of benzene rings is 2. The zero-order valence-electron chi connectivity index (χ0n) is 23.8. The van der Waals surface area contributed by atoms with Gasteiger partial charge in [-0.1, -0.05) is 65.8 Å². The maximum Gasteiger partial charge on any atom is 0.347 e. The number of thiazole rings is 1. The number of aromatic nitrogens is 1. The summed E-state index contributed by atoms with van der Waals surface area (Å²) in [6.07, 6.45) is 1.21. The molecule has 0 spiro atoms. The molecule has 3 heterocycles. The van der Waals surface area contributed by atoms with E-state index < -0.39 is 53.9 Å². The molecule has 2 aliphatic rings. The Balaban J connectivity index is 1.32. The second-order valence-electron chi connectivity index (χ2n) is 9.72. The van der Waals surface area contributed by atoms with Crippen LogP contribution in [0.2, 0.25) is 0 Å². The number of ether oxygens (including phenoxy) is 1. The molecule has 0 bridgehead atoms. The first kappa shape index (κ1) is 34.0. The van der Waals surface area contributed by atoms with Crippen LogP contribution in [0.5, 0.6) is 0 Å². The van der Waals surface area contributed by atoms with Gasteiger partial charge in [0, 0.05) is 5.38 Å². The number of fused-ring (bicyclic) bond motifs is 1. The van der Waals surface area contributed by atoms with Gasteiger partial charge in [0.25, 0.3) is 5.91 Å². The molecule has 2 aliphatic heterocycles. The van der Waals surface area contributed by atoms with E-state index in [1.165, 1.54) is 16.4 Å². The Labute approximate surface area is 292 Å². The summed E-state index contributed by atoms with van der Waals surface area (Å²) in [5.41, 5.74) is 1.43. The van der Waals surface area contributed by atoms with E-state index >= 15 is 0 Å². The minimum absolute atomic E-state index is 0.00510. The summed E-state index contributed by atoms with van der Waals surface area (Å²) in [5, 5.41) is 21.1. The molecule has 1 saturated heterocycles. The zero-order chi connectivity index (χ0) is 33.5. The first-order valence-corrected chi connectivity index (χ1v) is 17.0. The molecule has 1 fully saturated rings. The van der Waals surface area contributed by atoms with Crippen LogP contribution in [0, 0.1) is 0 Å². The summed E-state index contributed by atoms with van der Waals surface area (Å²) < 4.78 is 6.21. The van der Waals surface area contributed by atoms with Crippen LogP contribution in [-0.2, 0) is 33.5 Å². The smallest absolute Gasteiger partial charge is 0.347 e. The van der Waals surface area contributed by atoms with Crippen LogP contribution in [0.4, 0.5) is 5.13 Å². The highest BCUT2D eigenvalue weighted by Crippen LogP contribution is 2.41. The predicted molar refractivity (Wildman–Crippen MR) is 181 cm³/mol. The van der Waals surface area contributed by atoms with Crippen molar-refractivity contribution in [2.75, 3.05) is 11.9 Å². The summed E-state index contributed by atoms with van der Waals surface area (Å²) in [6.45, 7) is -0.671. The van der Waals surface area contributed by atoms with E-state index in [0.29, 0.717) is 15.4 Å². The Morgan fingerprint density at radius 3 is 2.34 bits per heavy atom. The lowest BCUT2D eigenvalue weighted by molar-refractivity contribution is -0.159. The molecule has 3 amide bonds. The summed E-state index contributed by atoms with van der Waals surface area (Å²) in [7, 11) is 0. The number of anilines is 1. The highest BCUT2D eigenvalue weighted by Gasteiger charge is 2.56. The van der Waals surface area contributed by atoms with Crippen molar-refractivity contribution in [1.29, 1.82) is 0 Å². The van der Waals surface area contributed by atoms with Crippen LogP contribution in [0.3, 0.4) is 0 Å². The van der Waals surface area contributed by atoms with E-state index in [0.717, 1.165) is 34.2 Å². The number of amides is 3. The number of nitrogens with one attached hydrogen (secondary N) is 2. The number of oxime groups is 1. The van der Waals surface area contributed by atoms with Crippen molar-refractivity contribution < 1.29 is 38.7 Å². The molecule has 13 nitrogen and oxygen atoms in total. The van der Waals surface area contributed by atoms with Crippen molar-refractivity contribution in [3.05, 3.63) is 103 Å². The number of hydrogen-bond acceptors (Lipinski definition) is 11. The standard InChI is InChI=1S/C30H23Br2N5O8S2/c31-20(32)11-18-13-46-28-23(27(41)37(28)24(18)29(42)43)35-26(40)22(19-14-47-30(34-19)33-15-38)36-44-12-21(39)45-25(16-7-3-1-4-8-16)17-9-5-2-6-10-17/h1-11,13-15,23-25,28H,12H2,(H,35,40)(H,42,43)(H,33,34,38)/b36-22+/t23?,24?,28-/m1/s1. The van der Waals surface area contributed by atoms with Crippen molar-refractivity contribution in [1.82, 2.24) is 15.2 Å². The Bertz CT molecular complexity index is 1730. The molecule has 1 aromatic heterocycles. The number of carbonyl (C=O) groups is 5. The lowest BCUT2D eigenvalue weighted by Crippen LogP contribution is -2.74. The number of carboxylic acids is 1. The van der Waals surface area contributed by atoms with Crippen molar-refractivity contribution in [3.8, 4) is 0 Å². The minimum Gasteiger partial charge on any atom is -0.479 e. The zero-order valence-corrected chi connectivity index (χ0v) is 28.6. The van der Waals surface area contributed by atoms with Crippen LogP contribution in [-0.4, -0.2) is 74.9 Å². The maximum atomic E-state index is 13.5. The van der Waals surface area contributed by atoms with Gasteiger partial charge in [0.05, 0.1) is 3.39 Å². The number of hydrogen-bond donors (Lipinski definition) is 3. The van der Waals surface area contributed by atoms with Crippen molar-refractivity contribution in [3.63, 3.8) is 0 Å². The molecule has 2 unspecified atom stereocenters. The average Bonchev–Trinajstić information content (AvgIpc) is 3.52. The SMILES string of the molecule is O=CNc1nc(/C(=N\OCC(=O)OC(c2ccccc2)c2ccccc2)C(=O)NC2C(=O)N3C(C(=O)O)C(C=C(Br)Br)=CS[C@H]23)cs1. The monoisotopic (exact) mass is 803 g/mol. The number of rotatable bonds is 13. The van der Waals surface area contributed by atoms with Crippen molar-refractivity contribution in [2.24, 2.45) is 5.16 Å². The van der Waals surface area contributed by atoms with Gasteiger partial charge < -0.3 is 30.2 Å². The van der Waals surface area contributed by atoms with Gasteiger partial charge in [-0.15, -0.1) is 23.1 Å². The summed E-state index contributed by atoms with van der Waals surface area (Å²) in [6, 6.07) is 15.9. The fourth-order valence-electron chi connectivity index (χ4n) is 4.72. The average molecular weight is 805 g/mol. The molecule has 3 aromatic rings. The normalized spacial score (nSPS) is 18.7. The predicted octanol–water partition coefficient (Wildman–Crippen LogP) is 4.13. The van der Waals surface area contributed by atoms with Crippen molar-refractivity contribution >= 4 is 96.0 Å². The Morgan fingerprint density at radius 2 is 1.74 bits per heavy atom. The number of nitrogens with zero attached hydrogens (tertiary/aromatic N) is 3. The summed E-state index contributed by atoms with van der Waals surface area (Å²) in [4.78, 5) is 73.1. The number of carboxylic acid groups (broad SMARTS) is 1. The molecule has 3 atom stereocenters. The fourth-order valence-corrected chi connectivity index (χ4v) is 7.10. The highest BCUT2D eigenvalue weighted by atomic mass is 79.9. The van der Waals surface area contributed by atoms with Gasteiger partial charge >= 0.3 is 11.9 Å². The van der Waals surface area contributed by atoms with Crippen LogP contribution in [0.1, 0.15) is 22.9 Å². The summed E-state index contributed by atoms with van der Waals surface area (Å²) >= 11 is 8.57. The first-order chi connectivity index (χ1) is 22.7. The van der Waals surface area contributed by atoms with Gasteiger partial charge in [0.2, 0.25) is 18.9 Å². The van der Waals surface area contributed by atoms with E-state index in [2.05, 4.69) is 52.6 Å². The van der Waals surface area contributed by atoms with E-state index in [1.54, 1.807) is 5.41 Å². The van der Waals surface area contributed by atoms with E-state index in [1.807, 2.05) is 60.7 Å². The third kappa shape index (κ3) is 7.98. The molecular weight excluding hydrogens is 782 g/mol. The molecular formula is C30H23Br2N5O8S2. The van der Waals surface area contributed by atoms with Gasteiger partial charge in [-0.2, -0.15) is 0 Å². The molecule has 242 valence electrons. The quantitative estimate of drug-likeness (QED) is 0.0749. The van der Waals surface area contributed by atoms with Gasteiger partial charge in [0.1, 0.15) is 17.1 Å². The third-order valence-corrected chi connectivity index (χ3v) is 9.17.